The molecule has 1 aliphatic heterocycles. The zero-order valence-electron chi connectivity index (χ0n) is 13.4. The summed E-state index contributed by atoms with van der Waals surface area (Å²) in [4.78, 5) is 24.3. The van der Waals surface area contributed by atoms with Crippen LogP contribution in [0.1, 0.15) is 39.4 Å². The summed E-state index contributed by atoms with van der Waals surface area (Å²) in [6, 6.07) is 8.28. The van der Waals surface area contributed by atoms with Crippen LogP contribution in [0.4, 0.5) is 5.69 Å². The molecule has 1 fully saturated rings. The number of anilines is 1. The van der Waals surface area contributed by atoms with E-state index in [4.69, 9.17) is 9.26 Å². The fourth-order valence-electron chi connectivity index (χ4n) is 2.52. The number of hydrogen-bond acceptors (Lipinski definition) is 5. The number of hydrogen-bond donors (Lipinski definition) is 2. The van der Waals surface area contributed by atoms with Crippen LogP contribution in [0.25, 0.3) is 0 Å². The van der Waals surface area contributed by atoms with Gasteiger partial charge in [0, 0.05) is 30.5 Å². The summed E-state index contributed by atoms with van der Waals surface area (Å²) < 4.78 is 10.4. The number of aromatic nitrogens is 1. The molecule has 0 bridgehead atoms. The van der Waals surface area contributed by atoms with Gasteiger partial charge in [-0.25, -0.2) is 0 Å². The number of ether oxygens (including phenoxy) is 1. The van der Waals surface area contributed by atoms with E-state index in [0.717, 1.165) is 19.4 Å². The SMILES string of the molecule is Cc1cc(C(=O)Nc2cccc(C(=O)NCC3CCCO3)c2)on1. The van der Waals surface area contributed by atoms with Crippen molar-refractivity contribution in [3.8, 4) is 0 Å². The van der Waals surface area contributed by atoms with Crippen molar-refractivity contribution in [2.45, 2.75) is 25.9 Å². The molecule has 1 aromatic carbocycles. The van der Waals surface area contributed by atoms with Gasteiger partial charge in [0.25, 0.3) is 11.8 Å². The maximum Gasteiger partial charge on any atom is 0.294 e. The second kappa shape index (κ2) is 7.27. The Kier molecular flexibility index (Phi) is 4.90. The topological polar surface area (TPSA) is 93.5 Å². The van der Waals surface area contributed by atoms with E-state index in [1.807, 2.05) is 0 Å². The Morgan fingerprint density at radius 1 is 1.29 bits per heavy atom. The maximum atomic E-state index is 12.2. The molecule has 0 spiro atoms. The second-order valence-electron chi connectivity index (χ2n) is 5.71. The first-order valence-electron chi connectivity index (χ1n) is 7.86. The van der Waals surface area contributed by atoms with Gasteiger partial charge in [0.2, 0.25) is 5.76 Å². The van der Waals surface area contributed by atoms with Crippen LogP contribution in [0.2, 0.25) is 0 Å². The summed E-state index contributed by atoms with van der Waals surface area (Å²) in [7, 11) is 0. The Labute approximate surface area is 139 Å². The van der Waals surface area contributed by atoms with Crippen LogP contribution < -0.4 is 10.6 Å². The number of nitrogens with zero attached hydrogens (tertiary/aromatic N) is 1. The van der Waals surface area contributed by atoms with Crippen LogP contribution in [-0.2, 0) is 4.74 Å². The normalized spacial score (nSPS) is 16.8. The van der Waals surface area contributed by atoms with E-state index < -0.39 is 5.91 Å². The molecule has 2 heterocycles. The van der Waals surface area contributed by atoms with Crippen molar-refractivity contribution in [3.63, 3.8) is 0 Å². The smallest absolute Gasteiger partial charge is 0.294 e. The molecule has 1 aromatic heterocycles. The number of carbonyl (C=O) groups is 2. The molecule has 24 heavy (non-hydrogen) atoms. The van der Waals surface area contributed by atoms with E-state index in [2.05, 4.69) is 15.8 Å². The highest BCUT2D eigenvalue weighted by molar-refractivity contribution is 6.03. The summed E-state index contributed by atoms with van der Waals surface area (Å²) in [6.45, 7) is 2.98. The van der Waals surface area contributed by atoms with Gasteiger partial charge >= 0.3 is 0 Å². The lowest BCUT2D eigenvalue weighted by atomic mass is 10.1. The summed E-state index contributed by atoms with van der Waals surface area (Å²) in [5, 5.41) is 9.21. The summed E-state index contributed by atoms with van der Waals surface area (Å²) in [5.74, 6) is -0.481. The molecule has 126 valence electrons. The van der Waals surface area contributed by atoms with Gasteiger partial charge in [0.1, 0.15) is 0 Å². The Balaban J connectivity index is 1.60. The van der Waals surface area contributed by atoms with Crippen molar-refractivity contribution < 1.29 is 18.8 Å². The first-order valence-corrected chi connectivity index (χ1v) is 7.86. The summed E-state index contributed by atoms with van der Waals surface area (Å²) >= 11 is 0. The van der Waals surface area contributed by atoms with Crippen LogP contribution in [0, 0.1) is 6.92 Å². The van der Waals surface area contributed by atoms with Crippen LogP contribution in [-0.4, -0.2) is 36.2 Å². The molecule has 3 rings (SSSR count). The molecule has 1 unspecified atom stereocenters. The lowest BCUT2D eigenvalue weighted by Gasteiger charge is -2.11. The third-order valence-corrected chi connectivity index (χ3v) is 3.75. The van der Waals surface area contributed by atoms with Gasteiger partial charge in [-0.1, -0.05) is 11.2 Å². The zero-order valence-corrected chi connectivity index (χ0v) is 13.4. The minimum atomic E-state index is -0.410. The molecule has 1 aliphatic rings. The Morgan fingerprint density at radius 2 is 2.17 bits per heavy atom. The zero-order chi connectivity index (χ0) is 16.9. The van der Waals surface area contributed by atoms with Gasteiger partial charge in [-0.3, -0.25) is 9.59 Å². The van der Waals surface area contributed by atoms with Crippen LogP contribution in [0.3, 0.4) is 0 Å². The number of amides is 2. The van der Waals surface area contributed by atoms with E-state index in [1.165, 1.54) is 0 Å². The Morgan fingerprint density at radius 3 is 2.88 bits per heavy atom. The Bertz CT molecular complexity index is 735. The number of aryl methyl sites for hydroxylation is 1. The minimum absolute atomic E-state index is 0.0894. The average molecular weight is 329 g/mol. The fraction of sp³-hybridized carbons (Fsp3) is 0.353. The molecule has 7 heteroatoms. The van der Waals surface area contributed by atoms with E-state index in [9.17, 15) is 9.59 Å². The molecule has 2 amide bonds. The van der Waals surface area contributed by atoms with Crippen LogP contribution in [0.5, 0.6) is 0 Å². The molecule has 1 saturated heterocycles. The lowest BCUT2D eigenvalue weighted by Crippen LogP contribution is -2.31. The van der Waals surface area contributed by atoms with Crippen molar-refractivity contribution in [2.24, 2.45) is 0 Å². The molecular formula is C17H19N3O4. The summed E-state index contributed by atoms with van der Waals surface area (Å²) in [6.07, 6.45) is 2.09. The predicted octanol–water partition coefficient (Wildman–Crippen LogP) is 2.14. The Hall–Kier alpha value is -2.67. The third-order valence-electron chi connectivity index (χ3n) is 3.75. The molecule has 2 N–H and O–H groups in total. The van der Waals surface area contributed by atoms with Gasteiger partial charge in [0.05, 0.1) is 11.8 Å². The van der Waals surface area contributed by atoms with E-state index in [-0.39, 0.29) is 17.8 Å². The van der Waals surface area contributed by atoms with Gasteiger partial charge < -0.3 is 19.9 Å². The molecule has 1 atom stereocenters. The van der Waals surface area contributed by atoms with Gasteiger partial charge in [-0.15, -0.1) is 0 Å². The second-order valence-corrected chi connectivity index (χ2v) is 5.71. The van der Waals surface area contributed by atoms with Gasteiger partial charge in [-0.05, 0) is 38.0 Å². The van der Waals surface area contributed by atoms with Crippen molar-refractivity contribution in [1.29, 1.82) is 0 Å². The first kappa shape index (κ1) is 16.2. The van der Waals surface area contributed by atoms with Gasteiger partial charge in [0.15, 0.2) is 0 Å². The maximum absolute atomic E-state index is 12.2. The molecule has 0 aliphatic carbocycles. The highest BCUT2D eigenvalue weighted by Crippen LogP contribution is 2.14. The van der Waals surface area contributed by atoms with E-state index in [0.29, 0.717) is 23.5 Å². The van der Waals surface area contributed by atoms with E-state index in [1.54, 1.807) is 37.3 Å². The summed E-state index contributed by atoms with van der Waals surface area (Å²) in [5.41, 5.74) is 1.61. The quantitative estimate of drug-likeness (QED) is 0.876. The number of rotatable bonds is 5. The predicted molar refractivity (Wildman–Crippen MR) is 86.9 cm³/mol. The van der Waals surface area contributed by atoms with Crippen molar-refractivity contribution in [2.75, 3.05) is 18.5 Å². The minimum Gasteiger partial charge on any atom is -0.376 e. The number of nitrogens with one attached hydrogen (secondary N) is 2. The van der Waals surface area contributed by atoms with Crippen LogP contribution in [0.15, 0.2) is 34.9 Å². The highest BCUT2D eigenvalue weighted by Gasteiger charge is 2.17. The number of carbonyl (C=O) groups excluding carboxylic acids is 2. The molecule has 0 saturated carbocycles. The molecule has 7 nitrogen and oxygen atoms in total. The molecule has 0 radical (unpaired) electrons. The molecule has 2 aromatic rings. The van der Waals surface area contributed by atoms with Crippen molar-refractivity contribution >= 4 is 17.5 Å². The lowest BCUT2D eigenvalue weighted by molar-refractivity contribution is 0.0857. The fourth-order valence-corrected chi connectivity index (χ4v) is 2.52. The third kappa shape index (κ3) is 3.99. The van der Waals surface area contributed by atoms with Crippen molar-refractivity contribution in [1.82, 2.24) is 10.5 Å². The molecular weight excluding hydrogens is 310 g/mol. The number of benzene rings is 1. The van der Waals surface area contributed by atoms with Crippen LogP contribution >= 0.6 is 0 Å². The monoisotopic (exact) mass is 329 g/mol. The first-order chi connectivity index (χ1) is 11.6. The highest BCUT2D eigenvalue weighted by atomic mass is 16.5. The van der Waals surface area contributed by atoms with Crippen molar-refractivity contribution in [3.05, 3.63) is 47.3 Å². The average Bonchev–Trinajstić information content (AvgIpc) is 3.24. The standard InChI is InChI=1S/C17H19N3O4/c1-11-8-15(24-20-11)17(22)19-13-5-2-4-12(9-13)16(21)18-10-14-6-3-7-23-14/h2,4-5,8-9,14H,3,6-7,10H2,1H3,(H,18,21)(H,19,22). The van der Waals surface area contributed by atoms with Gasteiger partial charge in [-0.2, -0.15) is 0 Å². The van der Waals surface area contributed by atoms with E-state index >= 15 is 0 Å². The largest absolute Gasteiger partial charge is 0.376 e.